The summed E-state index contributed by atoms with van der Waals surface area (Å²) >= 11 is 12.4. The molecule has 0 amide bonds. The van der Waals surface area contributed by atoms with Gasteiger partial charge in [0.2, 0.25) is 0 Å². The Morgan fingerprint density at radius 2 is 1.79 bits per heavy atom. The van der Waals surface area contributed by atoms with Gasteiger partial charge < -0.3 is 10.6 Å². The molecule has 0 fully saturated rings. The lowest BCUT2D eigenvalue weighted by atomic mass is 10.0. The van der Waals surface area contributed by atoms with E-state index in [4.69, 9.17) is 23.2 Å². The summed E-state index contributed by atoms with van der Waals surface area (Å²) in [5.41, 5.74) is 2.67. The molecule has 190 valence electrons. The summed E-state index contributed by atoms with van der Waals surface area (Å²) in [6.07, 6.45) is 3.02. The van der Waals surface area contributed by atoms with Crippen LogP contribution in [0, 0.1) is 28.8 Å². The smallest absolute Gasteiger partial charge is 0.159 e. The van der Waals surface area contributed by atoms with Gasteiger partial charge in [0.25, 0.3) is 0 Å². The van der Waals surface area contributed by atoms with Gasteiger partial charge in [0.05, 0.1) is 39.7 Å². The fraction of sp³-hybridized carbons (Fsp3) is 0.0769. The number of hydrogen-bond acceptors (Lipinski definition) is 6. The average Bonchev–Trinajstić information content (AvgIpc) is 3.32. The van der Waals surface area contributed by atoms with Crippen LogP contribution in [-0.2, 0) is 7.05 Å². The topological polar surface area (TPSA) is 91.5 Å². The molecule has 38 heavy (non-hydrogen) atoms. The number of rotatable bonds is 6. The van der Waals surface area contributed by atoms with Crippen LogP contribution in [0.3, 0.4) is 0 Å². The third-order valence-corrected chi connectivity index (χ3v) is 6.25. The number of nitrogens with one attached hydrogen (secondary N) is 2. The molecule has 5 rings (SSSR count). The monoisotopic (exact) mass is 553 g/mol. The number of halogens is 5. The molecule has 2 aromatic heterocycles. The maximum absolute atomic E-state index is 14.2. The molecule has 1 unspecified atom stereocenters. The molecule has 0 saturated carbocycles. The zero-order valence-electron chi connectivity index (χ0n) is 19.5. The summed E-state index contributed by atoms with van der Waals surface area (Å²) in [7, 11) is 1.68. The number of hydrogen-bond donors (Lipinski definition) is 2. The summed E-state index contributed by atoms with van der Waals surface area (Å²) in [6, 6.07) is 12.2. The highest BCUT2D eigenvalue weighted by Gasteiger charge is 2.22. The standard InChI is InChI=1S/C26H16Cl2F3N7/c1-38-12-23(36-37-38)25(13-2-4-20(30)21(31)6-13)35-22-8-15(27)7-17-24(14(10-32)11-33-26(17)22)34-16-3-5-19(29)18(28)9-16/h2-9,11-12,25,35H,1H3,(H,33,34). The molecule has 1 atom stereocenters. The van der Waals surface area contributed by atoms with Crippen molar-refractivity contribution in [1.82, 2.24) is 20.0 Å². The first-order valence-electron chi connectivity index (χ1n) is 11.1. The Morgan fingerprint density at radius 3 is 2.47 bits per heavy atom. The Balaban J connectivity index is 1.65. The normalized spacial score (nSPS) is 11.8. The van der Waals surface area contributed by atoms with Crippen LogP contribution in [0.15, 0.2) is 60.9 Å². The first-order chi connectivity index (χ1) is 18.2. The van der Waals surface area contributed by atoms with E-state index in [0.29, 0.717) is 44.2 Å². The largest absolute Gasteiger partial charge is 0.371 e. The van der Waals surface area contributed by atoms with Crippen LogP contribution < -0.4 is 10.6 Å². The average molecular weight is 554 g/mol. The van der Waals surface area contributed by atoms with Gasteiger partial charge in [-0.3, -0.25) is 9.67 Å². The first kappa shape index (κ1) is 25.3. The minimum absolute atomic E-state index is 0.0920. The van der Waals surface area contributed by atoms with Crippen LogP contribution in [0.1, 0.15) is 22.9 Å². The van der Waals surface area contributed by atoms with Crippen LogP contribution >= 0.6 is 23.2 Å². The maximum atomic E-state index is 14.2. The third-order valence-electron chi connectivity index (χ3n) is 5.74. The van der Waals surface area contributed by atoms with Crippen molar-refractivity contribution in [1.29, 1.82) is 5.26 Å². The minimum Gasteiger partial charge on any atom is -0.371 e. The molecule has 2 heterocycles. The predicted octanol–water partition coefficient (Wildman–Crippen LogP) is 6.90. The zero-order valence-corrected chi connectivity index (χ0v) is 21.0. The fourth-order valence-electron chi connectivity index (χ4n) is 3.99. The highest BCUT2D eigenvalue weighted by Crippen LogP contribution is 2.37. The number of nitrogens with zero attached hydrogens (tertiary/aromatic N) is 5. The molecule has 0 aliphatic rings. The Morgan fingerprint density at radius 1 is 1.00 bits per heavy atom. The Labute approximate surface area is 224 Å². The van der Waals surface area contributed by atoms with Crippen molar-refractivity contribution in [2.24, 2.45) is 7.05 Å². The second-order valence-corrected chi connectivity index (χ2v) is 9.17. The molecule has 0 bridgehead atoms. The van der Waals surface area contributed by atoms with Gasteiger partial charge >= 0.3 is 0 Å². The number of nitriles is 1. The molecule has 12 heteroatoms. The highest BCUT2D eigenvalue weighted by molar-refractivity contribution is 6.32. The molecule has 0 radical (unpaired) electrons. The Hall–Kier alpha value is -4.33. The zero-order chi connectivity index (χ0) is 27.0. The van der Waals surface area contributed by atoms with Gasteiger partial charge in [-0.1, -0.05) is 34.5 Å². The van der Waals surface area contributed by atoms with Crippen LogP contribution in [0.25, 0.3) is 10.9 Å². The predicted molar refractivity (Wildman–Crippen MR) is 139 cm³/mol. The van der Waals surface area contributed by atoms with Gasteiger partial charge in [0, 0.05) is 29.3 Å². The fourth-order valence-corrected chi connectivity index (χ4v) is 4.39. The quantitative estimate of drug-likeness (QED) is 0.237. The molecule has 0 spiro atoms. The summed E-state index contributed by atoms with van der Waals surface area (Å²) in [5, 5.41) is 24.9. The van der Waals surface area contributed by atoms with E-state index in [1.54, 1.807) is 25.4 Å². The number of aryl methyl sites for hydroxylation is 1. The van der Waals surface area contributed by atoms with Crippen molar-refractivity contribution in [2.45, 2.75) is 6.04 Å². The summed E-state index contributed by atoms with van der Waals surface area (Å²) in [6.45, 7) is 0. The molecular formula is C26H16Cl2F3N7. The van der Waals surface area contributed by atoms with E-state index in [2.05, 4.69) is 32.0 Å². The van der Waals surface area contributed by atoms with Gasteiger partial charge in [-0.25, -0.2) is 13.2 Å². The van der Waals surface area contributed by atoms with Gasteiger partial charge in [-0.15, -0.1) is 5.10 Å². The van der Waals surface area contributed by atoms with E-state index in [1.807, 2.05) is 0 Å². The van der Waals surface area contributed by atoms with Gasteiger partial charge in [-0.05, 0) is 48.0 Å². The van der Waals surface area contributed by atoms with Gasteiger partial charge in [0.1, 0.15) is 17.6 Å². The number of pyridine rings is 1. The van der Waals surface area contributed by atoms with Crippen molar-refractivity contribution in [3.63, 3.8) is 0 Å². The van der Waals surface area contributed by atoms with Gasteiger partial charge in [0.15, 0.2) is 11.6 Å². The molecule has 0 saturated heterocycles. The van der Waals surface area contributed by atoms with Crippen molar-refractivity contribution in [3.8, 4) is 6.07 Å². The van der Waals surface area contributed by atoms with Crippen LogP contribution in [0.5, 0.6) is 0 Å². The van der Waals surface area contributed by atoms with Gasteiger partial charge in [-0.2, -0.15) is 5.26 Å². The van der Waals surface area contributed by atoms with Crippen molar-refractivity contribution in [2.75, 3.05) is 10.6 Å². The molecule has 0 aliphatic carbocycles. The van der Waals surface area contributed by atoms with E-state index >= 15 is 0 Å². The number of aromatic nitrogens is 4. The summed E-state index contributed by atoms with van der Waals surface area (Å²) < 4.78 is 43.0. The van der Waals surface area contributed by atoms with E-state index < -0.39 is 23.5 Å². The molecule has 5 aromatic rings. The van der Waals surface area contributed by atoms with Crippen LogP contribution in [0.4, 0.5) is 30.2 Å². The highest BCUT2D eigenvalue weighted by atomic mass is 35.5. The van der Waals surface area contributed by atoms with E-state index in [9.17, 15) is 18.4 Å². The van der Waals surface area contributed by atoms with E-state index in [1.165, 1.54) is 35.1 Å². The number of fused-ring (bicyclic) bond motifs is 1. The molecule has 3 aromatic carbocycles. The van der Waals surface area contributed by atoms with Crippen LogP contribution in [-0.4, -0.2) is 20.0 Å². The first-order valence-corrected chi connectivity index (χ1v) is 11.8. The summed E-state index contributed by atoms with van der Waals surface area (Å²) in [5.74, 6) is -2.59. The lowest BCUT2D eigenvalue weighted by molar-refractivity contribution is 0.506. The van der Waals surface area contributed by atoms with Crippen molar-refractivity contribution in [3.05, 3.63) is 105 Å². The summed E-state index contributed by atoms with van der Waals surface area (Å²) in [4.78, 5) is 4.46. The van der Waals surface area contributed by atoms with Crippen LogP contribution in [0.2, 0.25) is 10.0 Å². The minimum atomic E-state index is -1.02. The lowest BCUT2D eigenvalue weighted by Gasteiger charge is -2.21. The number of anilines is 3. The number of benzene rings is 3. The van der Waals surface area contributed by atoms with Crippen molar-refractivity contribution < 1.29 is 13.2 Å². The molecular weight excluding hydrogens is 538 g/mol. The Kier molecular flexibility index (Phi) is 6.80. The second-order valence-electron chi connectivity index (χ2n) is 8.33. The SMILES string of the molecule is Cn1cc(C(Nc2cc(Cl)cc3c(Nc4ccc(F)c(Cl)c4)c(C#N)cnc23)c2ccc(F)c(F)c2)nn1. The Bertz CT molecular complexity index is 1730. The van der Waals surface area contributed by atoms with E-state index in [-0.39, 0.29) is 10.6 Å². The second kappa shape index (κ2) is 10.2. The lowest BCUT2D eigenvalue weighted by Crippen LogP contribution is -2.14. The van der Waals surface area contributed by atoms with E-state index in [0.717, 1.165) is 12.1 Å². The molecule has 0 aliphatic heterocycles. The molecule has 7 nitrogen and oxygen atoms in total. The third kappa shape index (κ3) is 4.94. The maximum Gasteiger partial charge on any atom is 0.159 e. The molecule has 2 N–H and O–H groups in total. The van der Waals surface area contributed by atoms with Crippen molar-refractivity contribution >= 4 is 51.2 Å².